The first-order valence-electron chi connectivity index (χ1n) is 7.06. The molecule has 21 heavy (non-hydrogen) atoms. The fourth-order valence-electron chi connectivity index (χ4n) is 2.20. The maximum atomic E-state index is 11.5. The average Bonchev–Trinajstić information content (AvgIpc) is 2.48. The molecule has 1 rings (SSSR count). The molecule has 1 atom stereocenters. The molecule has 6 heteroatoms. The normalized spacial score (nSPS) is 12.4. The van der Waals surface area contributed by atoms with Crippen molar-refractivity contribution < 1.29 is 14.6 Å². The number of carbonyl (C=O) groups is 1. The zero-order chi connectivity index (χ0) is 15.8. The Labute approximate surface area is 130 Å². The molecule has 0 spiro atoms. The minimum absolute atomic E-state index is 0.386. The lowest BCUT2D eigenvalue weighted by Gasteiger charge is -2.22. The van der Waals surface area contributed by atoms with Crippen molar-refractivity contribution in [2.75, 3.05) is 33.3 Å². The Morgan fingerprint density at radius 2 is 2.10 bits per heavy atom. The number of carboxylic acid groups (broad SMARTS) is 1. The Balaban J connectivity index is 2.86. The summed E-state index contributed by atoms with van der Waals surface area (Å²) in [5, 5.41) is 12.9. The van der Waals surface area contributed by atoms with Gasteiger partial charge in [0.1, 0.15) is 11.8 Å². The maximum absolute atomic E-state index is 11.5. The number of nitrogens with one attached hydrogen (secondary N) is 1. The van der Waals surface area contributed by atoms with Crippen LogP contribution in [0.2, 0.25) is 5.02 Å². The number of ether oxygens (including phenoxy) is 1. The molecule has 0 aliphatic carbocycles. The molecular weight excluding hydrogens is 292 g/mol. The quantitative estimate of drug-likeness (QED) is 0.733. The Morgan fingerprint density at radius 3 is 2.62 bits per heavy atom. The number of methoxy groups -OCH3 is 1. The van der Waals surface area contributed by atoms with E-state index in [-0.39, 0.29) is 0 Å². The van der Waals surface area contributed by atoms with Crippen molar-refractivity contribution in [1.82, 2.24) is 10.2 Å². The smallest absolute Gasteiger partial charge is 0.325 e. The Morgan fingerprint density at radius 1 is 1.43 bits per heavy atom. The molecule has 0 heterocycles. The number of carboxylic acids is 1. The van der Waals surface area contributed by atoms with E-state index < -0.39 is 12.0 Å². The average molecular weight is 315 g/mol. The van der Waals surface area contributed by atoms with Gasteiger partial charge >= 0.3 is 5.97 Å². The molecule has 2 N–H and O–H groups in total. The number of rotatable bonds is 9. The van der Waals surface area contributed by atoms with E-state index >= 15 is 0 Å². The van der Waals surface area contributed by atoms with Crippen LogP contribution < -0.4 is 10.1 Å². The van der Waals surface area contributed by atoms with Crippen LogP contribution in [0.1, 0.15) is 25.5 Å². The van der Waals surface area contributed by atoms with Gasteiger partial charge in [-0.3, -0.25) is 10.1 Å². The van der Waals surface area contributed by atoms with Crippen LogP contribution >= 0.6 is 11.6 Å². The molecule has 1 unspecified atom stereocenters. The van der Waals surface area contributed by atoms with Crippen molar-refractivity contribution in [2.24, 2.45) is 0 Å². The first-order chi connectivity index (χ1) is 10.0. The predicted molar refractivity (Wildman–Crippen MR) is 84.2 cm³/mol. The van der Waals surface area contributed by atoms with Gasteiger partial charge in [-0.1, -0.05) is 31.5 Å². The fraction of sp³-hybridized carbons (Fsp3) is 0.533. The highest BCUT2D eigenvalue weighted by molar-refractivity contribution is 6.31. The van der Waals surface area contributed by atoms with E-state index in [9.17, 15) is 9.90 Å². The van der Waals surface area contributed by atoms with Gasteiger partial charge in [-0.15, -0.1) is 0 Å². The predicted octanol–water partition coefficient (Wildman–Crippen LogP) is 2.41. The molecule has 0 saturated carbocycles. The van der Waals surface area contributed by atoms with Crippen LogP contribution in [-0.4, -0.2) is 49.3 Å². The van der Waals surface area contributed by atoms with Crippen LogP contribution in [0.4, 0.5) is 0 Å². The first-order valence-corrected chi connectivity index (χ1v) is 7.43. The van der Waals surface area contributed by atoms with Gasteiger partial charge < -0.3 is 14.7 Å². The maximum Gasteiger partial charge on any atom is 0.325 e. The summed E-state index contributed by atoms with van der Waals surface area (Å²) in [6.45, 7) is 7.37. The molecule has 5 nitrogen and oxygen atoms in total. The molecule has 0 aliphatic rings. The van der Waals surface area contributed by atoms with E-state index in [2.05, 4.69) is 24.1 Å². The number of hydrogen-bond acceptors (Lipinski definition) is 4. The summed E-state index contributed by atoms with van der Waals surface area (Å²) in [6.07, 6.45) is 0. The van der Waals surface area contributed by atoms with Crippen LogP contribution in [0.15, 0.2) is 18.2 Å². The molecule has 0 saturated heterocycles. The van der Waals surface area contributed by atoms with Crippen LogP contribution in [-0.2, 0) is 4.79 Å². The molecule has 0 amide bonds. The summed E-state index contributed by atoms with van der Waals surface area (Å²) < 4.78 is 5.23. The zero-order valence-electron chi connectivity index (χ0n) is 12.7. The third-order valence-corrected chi connectivity index (χ3v) is 3.77. The summed E-state index contributed by atoms with van der Waals surface area (Å²) >= 11 is 6.15. The highest BCUT2D eigenvalue weighted by atomic mass is 35.5. The van der Waals surface area contributed by atoms with Crippen LogP contribution in [0.3, 0.4) is 0 Å². The fourth-order valence-corrected chi connectivity index (χ4v) is 2.47. The molecule has 0 radical (unpaired) electrons. The lowest BCUT2D eigenvalue weighted by atomic mass is 10.1. The van der Waals surface area contributed by atoms with E-state index in [1.54, 1.807) is 18.2 Å². The Hall–Kier alpha value is -1.30. The van der Waals surface area contributed by atoms with Gasteiger partial charge in [0.15, 0.2) is 0 Å². The number of likely N-dealkylation sites (N-methyl/N-ethyl adjacent to an activating group) is 1. The van der Waals surface area contributed by atoms with E-state index in [1.165, 1.54) is 7.11 Å². The number of nitrogens with zero attached hydrogens (tertiary/aromatic N) is 1. The second-order valence-corrected chi connectivity index (χ2v) is 5.02. The third kappa shape index (κ3) is 4.88. The molecule has 0 bridgehead atoms. The SMILES string of the molecule is CCN(CC)CCNC(C(=O)O)c1c(Cl)cccc1OC. The van der Waals surface area contributed by atoms with Gasteiger partial charge in [0, 0.05) is 23.7 Å². The topological polar surface area (TPSA) is 61.8 Å². The molecule has 1 aromatic carbocycles. The van der Waals surface area contributed by atoms with E-state index in [4.69, 9.17) is 16.3 Å². The van der Waals surface area contributed by atoms with Gasteiger partial charge in [-0.25, -0.2) is 0 Å². The third-order valence-electron chi connectivity index (χ3n) is 3.44. The molecule has 0 aromatic heterocycles. The molecule has 1 aromatic rings. The molecule has 118 valence electrons. The second kappa shape index (κ2) is 8.87. The summed E-state index contributed by atoms with van der Waals surface area (Å²) in [7, 11) is 1.50. The van der Waals surface area contributed by atoms with Crippen molar-refractivity contribution in [3.8, 4) is 5.75 Å². The zero-order valence-corrected chi connectivity index (χ0v) is 13.5. The minimum Gasteiger partial charge on any atom is -0.496 e. The number of halogens is 1. The molecule has 0 fully saturated rings. The highest BCUT2D eigenvalue weighted by Gasteiger charge is 2.25. The second-order valence-electron chi connectivity index (χ2n) is 4.61. The lowest BCUT2D eigenvalue weighted by molar-refractivity contribution is -0.139. The largest absolute Gasteiger partial charge is 0.496 e. The van der Waals surface area contributed by atoms with E-state index in [1.807, 2.05) is 0 Å². The summed E-state index contributed by atoms with van der Waals surface area (Å²) in [5.74, 6) is -0.494. The van der Waals surface area contributed by atoms with E-state index in [0.29, 0.717) is 22.9 Å². The molecule has 0 aliphatic heterocycles. The molecular formula is C15H23ClN2O3. The van der Waals surface area contributed by atoms with Crippen LogP contribution in [0.5, 0.6) is 5.75 Å². The summed E-state index contributed by atoms with van der Waals surface area (Å²) in [6, 6.07) is 4.23. The monoisotopic (exact) mass is 314 g/mol. The van der Waals surface area contributed by atoms with Crippen molar-refractivity contribution in [2.45, 2.75) is 19.9 Å². The Kier molecular flexibility index (Phi) is 7.50. The summed E-state index contributed by atoms with van der Waals surface area (Å²) in [4.78, 5) is 13.8. The minimum atomic E-state index is -0.971. The number of hydrogen-bond donors (Lipinski definition) is 2. The van der Waals surface area contributed by atoms with Gasteiger partial charge in [0.25, 0.3) is 0 Å². The van der Waals surface area contributed by atoms with E-state index in [0.717, 1.165) is 19.6 Å². The van der Waals surface area contributed by atoms with Crippen LogP contribution in [0, 0.1) is 0 Å². The van der Waals surface area contributed by atoms with Crippen molar-refractivity contribution >= 4 is 17.6 Å². The standard InChI is InChI=1S/C15H23ClN2O3/c1-4-18(5-2)10-9-17-14(15(19)20)13-11(16)7-6-8-12(13)21-3/h6-8,14,17H,4-5,9-10H2,1-3H3,(H,19,20). The Bertz CT molecular complexity index is 464. The van der Waals surface area contributed by atoms with Crippen molar-refractivity contribution in [3.63, 3.8) is 0 Å². The number of aliphatic carboxylic acids is 1. The van der Waals surface area contributed by atoms with Crippen molar-refractivity contribution in [1.29, 1.82) is 0 Å². The number of benzene rings is 1. The highest BCUT2D eigenvalue weighted by Crippen LogP contribution is 2.32. The van der Waals surface area contributed by atoms with Gasteiger partial charge in [0.05, 0.1) is 7.11 Å². The van der Waals surface area contributed by atoms with Gasteiger partial charge in [0.2, 0.25) is 0 Å². The summed E-state index contributed by atoms with van der Waals surface area (Å²) in [5.41, 5.74) is 0.466. The first kappa shape index (κ1) is 17.8. The van der Waals surface area contributed by atoms with Crippen molar-refractivity contribution in [3.05, 3.63) is 28.8 Å². The van der Waals surface area contributed by atoms with Gasteiger partial charge in [-0.05, 0) is 25.2 Å². The lowest BCUT2D eigenvalue weighted by Crippen LogP contribution is -2.36. The van der Waals surface area contributed by atoms with Crippen LogP contribution in [0.25, 0.3) is 0 Å². The van der Waals surface area contributed by atoms with Gasteiger partial charge in [-0.2, -0.15) is 0 Å².